The Balaban J connectivity index is 1.92. The van der Waals surface area contributed by atoms with Crippen LogP contribution < -0.4 is 11.1 Å². The highest BCUT2D eigenvalue weighted by molar-refractivity contribution is 5.77. The first-order valence-electron chi connectivity index (χ1n) is 6.03. The molecule has 0 saturated carbocycles. The molecule has 0 aliphatic carbocycles. The van der Waals surface area contributed by atoms with Gasteiger partial charge in [-0.1, -0.05) is 0 Å². The molecule has 1 aromatic carbocycles. The molecule has 0 radical (unpaired) electrons. The number of aromatic amines is 1. The van der Waals surface area contributed by atoms with Crippen LogP contribution in [0.4, 0.5) is 20.4 Å². The van der Waals surface area contributed by atoms with E-state index in [0.29, 0.717) is 16.8 Å². The van der Waals surface area contributed by atoms with Gasteiger partial charge in [-0.2, -0.15) is 8.78 Å². The minimum absolute atomic E-state index is 0.0336. The van der Waals surface area contributed by atoms with E-state index in [2.05, 4.69) is 20.3 Å². The van der Waals surface area contributed by atoms with Gasteiger partial charge < -0.3 is 9.73 Å². The topological polar surface area (TPSA) is 83.8 Å². The second kappa shape index (κ2) is 4.65. The summed E-state index contributed by atoms with van der Waals surface area (Å²) in [6, 6.07) is 5.97. The Morgan fingerprint density at radius 1 is 1.33 bits per heavy atom. The first-order valence-corrected chi connectivity index (χ1v) is 6.03. The van der Waals surface area contributed by atoms with Crippen LogP contribution in [0, 0.1) is 0 Å². The molecule has 8 heteroatoms. The number of hydrogen-bond donors (Lipinski definition) is 2. The van der Waals surface area contributed by atoms with Crippen molar-refractivity contribution >= 4 is 22.7 Å². The Morgan fingerprint density at radius 2 is 2.14 bits per heavy atom. The average Bonchev–Trinajstić information content (AvgIpc) is 2.77. The first-order chi connectivity index (χ1) is 9.91. The molecule has 2 heterocycles. The number of anilines is 2. The predicted octanol–water partition coefficient (Wildman–Crippen LogP) is 2.77. The van der Waals surface area contributed by atoms with Gasteiger partial charge in [0.05, 0.1) is 5.52 Å². The van der Waals surface area contributed by atoms with Crippen molar-refractivity contribution in [2.24, 2.45) is 0 Å². The van der Waals surface area contributed by atoms with Gasteiger partial charge in [0.15, 0.2) is 5.58 Å². The van der Waals surface area contributed by atoms with Crippen LogP contribution in [0.5, 0.6) is 0 Å². The van der Waals surface area contributed by atoms with Crippen LogP contribution in [0.3, 0.4) is 0 Å². The maximum atomic E-state index is 13.2. The van der Waals surface area contributed by atoms with E-state index < -0.39 is 11.7 Å². The molecular weight excluding hydrogens is 282 g/mol. The van der Waals surface area contributed by atoms with Crippen molar-refractivity contribution in [2.75, 3.05) is 5.32 Å². The molecule has 21 heavy (non-hydrogen) atoms. The van der Waals surface area contributed by atoms with E-state index in [4.69, 9.17) is 4.42 Å². The lowest BCUT2D eigenvalue weighted by atomic mass is 10.2. The lowest BCUT2D eigenvalue weighted by Crippen LogP contribution is -2.11. The SMILES string of the molecule is CC(F)(F)c1ccnc(Nc2ccc3[nH]c(=O)oc3c2)n1. The number of halogens is 2. The van der Waals surface area contributed by atoms with Crippen LogP contribution in [0.2, 0.25) is 0 Å². The fourth-order valence-electron chi connectivity index (χ4n) is 1.82. The fraction of sp³-hybridized carbons (Fsp3) is 0.154. The van der Waals surface area contributed by atoms with E-state index in [-0.39, 0.29) is 11.6 Å². The number of alkyl halides is 2. The number of hydrogen-bond acceptors (Lipinski definition) is 5. The zero-order valence-electron chi connectivity index (χ0n) is 10.9. The zero-order valence-corrected chi connectivity index (χ0v) is 10.9. The summed E-state index contributed by atoms with van der Waals surface area (Å²) in [5.41, 5.74) is 1.03. The van der Waals surface area contributed by atoms with Gasteiger partial charge in [-0.05, 0) is 18.2 Å². The minimum atomic E-state index is -3.04. The molecule has 108 valence electrons. The number of rotatable bonds is 3. The maximum absolute atomic E-state index is 13.2. The molecule has 0 amide bonds. The standard InChI is InChI=1S/C13H10F2N4O2/c1-13(14,15)10-4-5-16-11(19-10)17-7-2-3-8-9(6-7)21-12(20)18-8/h2-6H,1H3,(H,18,20)(H,16,17,19). The van der Waals surface area contributed by atoms with Crippen LogP contribution in [-0.4, -0.2) is 15.0 Å². The molecular formula is C13H10F2N4O2. The molecule has 2 N–H and O–H groups in total. The number of aromatic nitrogens is 3. The predicted molar refractivity (Wildman–Crippen MR) is 71.7 cm³/mol. The fourth-order valence-corrected chi connectivity index (χ4v) is 1.82. The van der Waals surface area contributed by atoms with Gasteiger partial charge in [0.25, 0.3) is 5.92 Å². The van der Waals surface area contributed by atoms with E-state index >= 15 is 0 Å². The molecule has 0 unspecified atom stereocenters. The molecule has 0 fully saturated rings. The van der Waals surface area contributed by atoms with Crippen molar-refractivity contribution in [1.29, 1.82) is 0 Å². The van der Waals surface area contributed by atoms with E-state index in [9.17, 15) is 13.6 Å². The molecule has 0 saturated heterocycles. The van der Waals surface area contributed by atoms with Gasteiger partial charge in [-0.3, -0.25) is 4.98 Å². The first kappa shape index (κ1) is 13.2. The van der Waals surface area contributed by atoms with E-state index in [0.717, 1.165) is 13.0 Å². The quantitative estimate of drug-likeness (QED) is 0.775. The van der Waals surface area contributed by atoms with Crippen molar-refractivity contribution < 1.29 is 13.2 Å². The highest BCUT2D eigenvalue weighted by Crippen LogP contribution is 2.26. The van der Waals surface area contributed by atoms with Gasteiger partial charge in [-0.15, -0.1) is 0 Å². The number of nitrogens with one attached hydrogen (secondary N) is 2. The van der Waals surface area contributed by atoms with Crippen LogP contribution in [0.25, 0.3) is 11.1 Å². The van der Waals surface area contributed by atoms with E-state index in [1.165, 1.54) is 6.20 Å². The number of fused-ring (bicyclic) bond motifs is 1. The summed E-state index contributed by atoms with van der Waals surface area (Å²) < 4.78 is 31.3. The van der Waals surface area contributed by atoms with Crippen LogP contribution in [-0.2, 0) is 5.92 Å². The summed E-state index contributed by atoms with van der Waals surface area (Å²) in [5.74, 6) is -3.58. The van der Waals surface area contributed by atoms with Crippen LogP contribution >= 0.6 is 0 Å². The molecule has 2 aromatic heterocycles. The van der Waals surface area contributed by atoms with E-state index in [1.807, 2.05) is 0 Å². The number of H-pyrrole nitrogens is 1. The van der Waals surface area contributed by atoms with Gasteiger partial charge in [-0.25, -0.2) is 14.8 Å². The third-order valence-electron chi connectivity index (χ3n) is 2.78. The Bertz CT molecular complexity index is 851. The molecule has 0 spiro atoms. The maximum Gasteiger partial charge on any atom is 0.417 e. The Morgan fingerprint density at radius 3 is 2.90 bits per heavy atom. The van der Waals surface area contributed by atoms with Gasteiger partial charge >= 0.3 is 5.76 Å². The summed E-state index contributed by atoms with van der Waals surface area (Å²) in [5, 5.41) is 2.79. The third kappa shape index (κ3) is 2.73. The summed E-state index contributed by atoms with van der Waals surface area (Å²) >= 11 is 0. The Kier molecular flexibility index (Phi) is 2.93. The highest BCUT2D eigenvalue weighted by Gasteiger charge is 2.26. The van der Waals surface area contributed by atoms with Gasteiger partial charge in [0, 0.05) is 24.9 Å². The number of nitrogens with zero attached hydrogens (tertiary/aromatic N) is 2. The average molecular weight is 292 g/mol. The number of benzene rings is 1. The molecule has 0 aliphatic heterocycles. The molecule has 3 rings (SSSR count). The van der Waals surface area contributed by atoms with Crippen molar-refractivity contribution in [3.05, 3.63) is 46.7 Å². The Hall–Kier alpha value is -2.77. The van der Waals surface area contributed by atoms with Crippen molar-refractivity contribution in [2.45, 2.75) is 12.8 Å². The summed E-state index contributed by atoms with van der Waals surface area (Å²) in [6.45, 7) is 0.764. The highest BCUT2D eigenvalue weighted by atomic mass is 19.3. The third-order valence-corrected chi connectivity index (χ3v) is 2.78. The lowest BCUT2D eigenvalue weighted by molar-refractivity contribution is 0.0128. The molecule has 3 aromatic rings. The van der Waals surface area contributed by atoms with Crippen molar-refractivity contribution in [1.82, 2.24) is 15.0 Å². The smallest absolute Gasteiger partial charge is 0.408 e. The second-order valence-corrected chi connectivity index (χ2v) is 4.50. The van der Waals surface area contributed by atoms with Crippen molar-refractivity contribution in [3.63, 3.8) is 0 Å². The van der Waals surface area contributed by atoms with Crippen molar-refractivity contribution in [3.8, 4) is 0 Å². The number of oxazole rings is 1. The van der Waals surface area contributed by atoms with Crippen LogP contribution in [0.15, 0.2) is 39.7 Å². The second-order valence-electron chi connectivity index (χ2n) is 4.50. The summed E-state index contributed by atoms with van der Waals surface area (Å²) in [6.07, 6.45) is 1.25. The van der Waals surface area contributed by atoms with E-state index in [1.54, 1.807) is 18.2 Å². The Labute approximate surface area is 116 Å². The molecule has 6 nitrogen and oxygen atoms in total. The molecule has 0 atom stereocenters. The molecule has 0 bridgehead atoms. The lowest BCUT2D eigenvalue weighted by Gasteiger charge is -2.11. The minimum Gasteiger partial charge on any atom is -0.408 e. The monoisotopic (exact) mass is 292 g/mol. The zero-order chi connectivity index (χ0) is 15.0. The summed E-state index contributed by atoms with van der Waals surface area (Å²) in [7, 11) is 0. The normalized spacial score (nSPS) is 11.8. The van der Waals surface area contributed by atoms with Crippen LogP contribution in [0.1, 0.15) is 12.6 Å². The summed E-state index contributed by atoms with van der Waals surface area (Å²) in [4.78, 5) is 21.2. The van der Waals surface area contributed by atoms with Gasteiger partial charge in [0.1, 0.15) is 5.69 Å². The molecule has 0 aliphatic rings. The largest absolute Gasteiger partial charge is 0.417 e. The van der Waals surface area contributed by atoms with Gasteiger partial charge in [0.2, 0.25) is 5.95 Å².